The maximum atomic E-state index is 11.7. The first-order chi connectivity index (χ1) is 11.1. The van der Waals surface area contributed by atoms with Crippen LogP contribution in [0.15, 0.2) is 56.5 Å². The number of carbonyl (C=O) groups is 1. The molecular formula is C17H16Br2N2O2. The minimum atomic E-state index is -0.318. The normalized spacial score (nSPS) is 10.7. The summed E-state index contributed by atoms with van der Waals surface area (Å²) in [6.07, 6.45) is 2.60. The highest BCUT2D eigenvalue weighted by Crippen LogP contribution is 2.27. The summed E-state index contributed by atoms with van der Waals surface area (Å²) in [4.78, 5) is 11.7. The number of hydrogen-bond donors (Lipinski definition) is 1. The number of hydrazone groups is 1. The van der Waals surface area contributed by atoms with E-state index < -0.39 is 0 Å². The van der Waals surface area contributed by atoms with Crippen molar-refractivity contribution in [3.8, 4) is 5.75 Å². The van der Waals surface area contributed by atoms with Crippen LogP contribution < -0.4 is 10.2 Å². The van der Waals surface area contributed by atoms with Crippen molar-refractivity contribution in [2.75, 3.05) is 6.61 Å². The van der Waals surface area contributed by atoms with Gasteiger partial charge in [0.1, 0.15) is 5.75 Å². The summed E-state index contributed by atoms with van der Waals surface area (Å²) in [6.45, 7) is 2.00. The Bertz CT molecular complexity index is 700. The lowest BCUT2D eigenvalue weighted by Gasteiger charge is -2.07. The molecule has 1 N–H and O–H groups in total. The van der Waals surface area contributed by atoms with Crippen LogP contribution >= 0.6 is 31.9 Å². The second-order valence-corrected chi connectivity index (χ2v) is 6.52. The van der Waals surface area contributed by atoms with Gasteiger partial charge in [0.15, 0.2) is 6.61 Å². The van der Waals surface area contributed by atoms with Crippen molar-refractivity contribution in [1.29, 1.82) is 0 Å². The predicted octanol–water partition coefficient (Wildman–Crippen LogP) is 4.30. The number of benzene rings is 2. The van der Waals surface area contributed by atoms with E-state index in [1.54, 1.807) is 12.3 Å². The van der Waals surface area contributed by atoms with Gasteiger partial charge in [-0.3, -0.25) is 4.79 Å². The monoisotopic (exact) mass is 438 g/mol. The van der Waals surface area contributed by atoms with Gasteiger partial charge in [-0.2, -0.15) is 5.10 Å². The van der Waals surface area contributed by atoms with Gasteiger partial charge in [0, 0.05) is 4.47 Å². The summed E-state index contributed by atoms with van der Waals surface area (Å²) in [6, 6.07) is 13.5. The zero-order valence-electron chi connectivity index (χ0n) is 12.6. The molecule has 6 heteroatoms. The van der Waals surface area contributed by atoms with Crippen molar-refractivity contribution in [2.24, 2.45) is 5.10 Å². The second kappa shape index (κ2) is 8.84. The molecule has 0 aromatic heterocycles. The van der Waals surface area contributed by atoms with E-state index >= 15 is 0 Å². The molecule has 0 fully saturated rings. The smallest absolute Gasteiger partial charge is 0.277 e. The second-order valence-electron chi connectivity index (χ2n) is 4.75. The lowest BCUT2D eigenvalue weighted by molar-refractivity contribution is -0.123. The first-order valence-corrected chi connectivity index (χ1v) is 8.65. The average molecular weight is 440 g/mol. The molecule has 2 rings (SSSR count). The van der Waals surface area contributed by atoms with Crippen LogP contribution in [0.4, 0.5) is 0 Å². The molecule has 0 spiro atoms. The van der Waals surface area contributed by atoms with E-state index in [0.717, 1.165) is 20.9 Å². The van der Waals surface area contributed by atoms with Crippen molar-refractivity contribution in [3.63, 3.8) is 0 Å². The molecule has 0 saturated heterocycles. The summed E-state index contributed by atoms with van der Waals surface area (Å²) in [5.74, 6) is 0.281. The fourth-order valence-corrected chi connectivity index (χ4v) is 2.95. The standard InChI is InChI=1S/C17H16Br2N2O2/c1-2-12-3-5-13(6-4-12)10-20-21-17(22)11-23-16-8-7-14(18)9-15(16)19/h3-10H,2,11H2,1H3,(H,21,22)/b20-10+. The third kappa shape index (κ3) is 5.80. The molecule has 1 amide bonds. The molecule has 0 aliphatic heterocycles. The number of halogens is 2. The summed E-state index contributed by atoms with van der Waals surface area (Å²) in [5, 5.41) is 3.92. The molecule has 0 heterocycles. The van der Waals surface area contributed by atoms with Gasteiger partial charge in [-0.1, -0.05) is 47.1 Å². The van der Waals surface area contributed by atoms with Gasteiger partial charge in [-0.25, -0.2) is 5.43 Å². The molecular weight excluding hydrogens is 424 g/mol. The number of aryl methyl sites for hydroxylation is 1. The van der Waals surface area contributed by atoms with Gasteiger partial charge in [0.25, 0.3) is 5.91 Å². The molecule has 0 atom stereocenters. The maximum Gasteiger partial charge on any atom is 0.277 e. The highest BCUT2D eigenvalue weighted by Gasteiger charge is 2.05. The molecule has 0 bridgehead atoms. The summed E-state index contributed by atoms with van der Waals surface area (Å²) in [7, 11) is 0. The summed E-state index contributed by atoms with van der Waals surface area (Å²) < 4.78 is 7.14. The minimum absolute atomic E-state index is 0.105. The van der Waals surface area contributed by atoms with Gasteiger partial charge < -0.3 is 4.74 Å². The topological polar surface area (TPSA) is 50.7 Å². The molecule has 2 aromatic carbocycles. The van der Waals surface area contributed by atoms with Crippen LogP contribution in [0.3, 0.4) is 0 Å². The van der Waals surface area contributed by atoms with Crippen LogP contribution in [0.5, 0.6) is 5.75 Å². The highest BCUT2D eigenvalue weighted by molar-refractivity contribution is 9.11. The van der Waals surface area contributed by atoms with Crippen LogP contribution in [0.1, 0.15) is 18.1 Å². The maximum absolute atomic E-state index is 11.7. The largest absolute Gasteiger partial charge is 0.483 e. The Kier molecular flexibility index (Phi) is 6.80. The van der Waals surface area contributed by atoms with E-state index in [0.29, 0.717) is 5.75 Å². The van der Waals surface area contributed by atoms with E-state index in [4.69, 9.17) is 4.74 Å². The molecule has 23 heavy (non-hydrogen) atoms. The summed E-state index contributed by atoms with van der Waals surface area (Å²) >= 11 is 6.73. The fourth-order valence-electron chi connectivity index (χ4n) is 1.79. The van der Waals surface area contributed by atoms with Gasteiger partial charge >= 0.3 is 0 Å². The Hall–Kier alpha value is -1.66. The average Bonchev–Trinajstić information content (AvgIpc) is 2.54. The van der Waals surface area contributed by atoms with Crippen LogP contribution in [0.2, 0.25) is 0 Å². The third-order valence-corrected chi connectivity index (χ3v) is 4.16. The SMILES string of the molecule is CCc1ccc(/C=N/NC(=O)COc2ccc(Br)cc2Br)cc1. The van der Waals surface area contributed by atoms with Gasteiger partial charge in [-0.15, -0.1) is 0 Å². The van der Waals surface area contributed by atoms with E-state index in [2.05, 4.69) is 49.3 Å². The molecule has 120 valence electrons. The molecule has 0 aliphatic carbocycles. The molecule has 4 nitrogen and oxygen atoms in total. The summed E-state index contributed by atoms with van der Waals surface area (Å²) in [5.41, 5.74) is 4.64. The van der Waals surface area contributed by atoms with Crippen molar-refractivity contribution < 1.29 is 9.53 Å². The number of nitrogens with zero attached hydrogens (tertiary/aromatic N) is 1. The van der Waals surface area contributed by atoms with Crippen LogP contribution in [0.25, 0.3) is 0 Å². The number of rotatable bonds is 6. The Morgan fingerprint density at radius 3 is 2.61 bits per heavy atom. The van der Waals surface area contributed by atoms with Crippen LogP contribution in [-0.4, -0.2) is 18.7 Å². The highest BCUT2D eigenvalue weighted by atomic mass is 79.9. The Morgan fingerprint density at radius 2 is 1.96 bits per heavy atom. The van der Waals surface area contributed by atoms with E-state index in [9.17, 15) is 4.79 Å². The lowest BCUT2D eigenvalue weighted by atomic mass is 10.1. The Morgan fingerprint density at radius 1 is 1.22 bits per heavy atom. The van der Waals surface area contributed by atoms with Crippen molar-refractivity contribution in [2.45, 2.75) is 13.3 Å². The van der Waals surface area contributed by atoms with E-state index in [1.165, 1.54) is 5.56 Å². The number of amides is 1. The molecule has 0 saturated carbocycles. The first kappa shape index (κ1) is 17.7. The Balaban J connectivity index is 1.81. The van der Waals surface area contributed by atoms with E-state index in [-0.39, 0.29) is 12.5 Å². The molecule has 0 aliphatic rings. The predicted molar refractivity (Wildman–Crippen MR) is 98.9 cm³/mol. The van der Waals surface area contributed by atoms with Gasteiger partial charge in [-0.05, 0) is 51.7 Å². The lowest BCUT2D eigenvalue weighted by Crippen LogP contribution is -2.24. The first-order valence-electron chi connectivity index (χ1n) is 7.07. The van der Waals surface area contributed by atoms with Gasteiger partial charge in [0.05, 0.1) is 10.7 Å². The van der Waals surface area contributed by atoms with Crippen LogP contribution in [-0.2, 0) is 11.2 Å². The minimum Gasteiger partial charge on any atom is -0.483 e. The number of ether oxygens (including phenoxy) is 1. The molecule has 0 radical (unpaired) electrons. The Labute approximate surface area is 152 Å². The van der Waals surface area contributed by atoms with Gasteiger partial charge in [0.2, 0.25) is 0 Å². The van der Waals surface area contributed by atoms with E-state index in [1.807, 2.05) is 36.4 Å². The third-order valence-electron chi connectivity index (χ3n) is 3.04. The number of nitrogens with one attached hydrogen (secondary N) is 1. The van der Waals surface area contributed by atoms with Crippen LogP contribution in [0, 0.1) is 0 Å². The van der Waals surface area contributed by atoms with Crippen molar-refractivity contribution in [1.82, 2.24) is 5.43 Å². The van der Waals surface area contributed by atoms with Crippen molar-refractivity contribution >= 4 is 44.0 Å². The fraction of sp³-hybridized carbons (Fsp3) is 0.176. The number of hydrogen-bond acceptors (Lipinski definition) is 3. The quantitative estimate of drug-likeness (QED) is 0.538. The molecule has 0 unspecified atom stereocenters. The zero-order chi connectivity index (χ0) is 16.7. The zero-order valence-corrected chi connectivity index (χ0v) is 15.7. The van der Waals surface area contributed by atoms with Crippen molar-refractivity contribution in [3.05, 3.63) is 62.5 Å². The number of carbonyl (C=O) groups excluding carboxylic acids is 1. The molecule has 2 aromatic rings.